The third-order valence-corrected chi connectivity index (χ3v) is 3.12. The smallest absolute Gasteiger partial charge is 0.257 e. The highest BCUT2D eigenvalue weighted by atomic mass is 16.5. The molecule has 18 heavy (non-hydrogen) atoms. The van der Waals surface area contributed by atoms with Crippen LogP contribution in [-0.2, 0) is 0 Å². The Kier molecular flexibility index (Phi) is 5.01. The number of phenols is 1. The number of ether oxygens (including phenoxy) is 1. The average molecular weight is 251 g/mol. The summed E-state index contributed by atoms with van der Waals surface area (Å²) in [6.45, 7) is 4.08. The van der Waals surface area contributed by atoms with Gasteiger partial charge in [0.15, 0.2) is 0 Å². The van der Waals surface area contributed by atoms with Crippen molar-refractivity contribution in [1.82, 2.24) is 4.90 Å². The lowest BCUT2D eigenvalue weighted by atomic mass is 10.1. The van der Waals surface area contributed by atoms with E-state index in [-0.39, 0.29) is 17.7 Å². The van der Waals surface area contributed by atoms with Crippen LogP contribution < -0.4 is 4.74 Å². The van der Waals surface area contributed by atoms with Crippen LogP contribution in [0.3, 0.4) is 0 Å². The van der Waals surface area contributed by atoms with Gasteiger partial charge in [0.2, 0.25) is 0 Å². The van der Waals surface area contributed by atoms with Crippen LogP contribution in [0.15, 0.2) is 18.2 Å². The zero-order valence-corrected chi connectivity index (χ0v) is 11.4. The number of carbonyl (C=O) groups excluding carboxylic acids is 1. The molecule has 0 saturated carbocycles. The molecule has 0 saturated heterocycles. The normalized spacial score (nSPS) is 12.0. The number of phenolic OH excluding ortho intramolecular Hbond substituents is 1. The minimum Gasteiger partial charge on any atom is -0.507 e. The van der Waals surface area contributed by atoms with Crippen molar-refractivity contribution >= 4 is 5.91 Å². The molecule has 0 bridgehead atoms. The second kappa shape index (κ2) is 6.28. The van der Waals surface area contributed by atoms with Gasteiger partial charge in [0.05, 0.1) is 12.7 Å². The van der Waals surface area contributed by atoms with E-state index in [0.717, 1.165) is 12.8 Å². The Labute approximate surface area is 108 Å². The molecule has 100 valence electrons. The van der Waals surface area contributed by atoms with Crippen LogP contribution in [-0.4, -0.2) is 36.1 Å². The van der Waals surface area contributed by atoms with Gasteiger partial charge in [-0.1, -0.05) is 13.3 Å². The number of amides is 1. The van der Waals surface area contributed by atoms with Gasteiger partial charge in [-0.2, -0.15) is 0 Å². The van der Waals surface area contributed by atoms with Crippen molar-refractivity contribution in [3.63, 3.8) is 0 Å². The predicted molar refractivity (Wildman–Crippen MR) is 71.1 cm³/mol. The fourth-order valence-corrected chi connectivity index (χ4v) is 1.82. The summed E-state index contributed by atoms with van der Waals surface area (Å²) in [6, 6.07) is 4.87. The lowest BCUT2D eigenvalue weighted by Gasteiger charge is -2.25. The minimum atomic E-state index is -0.170. The first kappa shape index (κ1) is 14.4. The summed E-state index contributed by atoms with van der Waals surface area (Å²) in [5.41, 5.74) is 0.307. The summed E-state index contributed by atoms with van der Waals surface area (Å²) in [4.78, 5) is 13.9. The van der Waals surface area contributed by atoms with E-state index in [1.807, 2.05) is 6.92 Å². The molecule has 0 fully saturated rings. The molecule has 1 atom stereocenters. The van der Waals surface area contributed by atoms with E-state index in [1.165, 1.54) is 13.2 Å². The second-order valence-corrected chi connectivity index (χ2v) is 4.44. The molecule has 0 radical (unpaired) electrons. The Bertz CT molecular complexity index is 418. The van der Waals surface area contributed by atoms with Crippen molar-refractivity contribution in [2.75, 3.05) is 14.2 Å². The molecule has 1 rings (SSSR count). The van der Waals surface area contributed by atoms with E-state index >= 15 is 0 Å². The number of rotatable bonds is 5. The van der Waals surface area contributed by atoms with Gasteiger partial charge in [-0.05, 0) is 25.5 Å². The van der Waals surface area contributed by atoms with E-state index < -0.39 is 0 Å². The fourth-order valence-electron chi connectivity index (χ4n) is 1.82. The van der Waals surface area contributed by atoms with Crippen molar-refractivity contribution in [3.8, 4) is 11.5 Å². The molecule has 1 amide bonds. The number of benzene rings is 1. The Balaban J connectivity index is 2.90. The Morgan fingerprint density at radius 2 is 2.17 bits per heavy atom. The zero-order valence-electron chi connectivity index (χ0n) is 11.4. The van der Waals surface area contributed by atoms with Gasteiger partial charge in [-0.3, -0.25) is 4.79 Å². The standard InChI is InChI=1S/C14H21NO3/c1-5-6-10(2)15(3)14(17)12-8-7-11(18-4)9-13(12)16/h7-10,16H,5-6H2,1-4H3. The van der Waals surface area contributed by atoms with Crippen molar-refractivity contribution in [3.05, 3.63) is 23.8 Å². The first-order valence-corrected chi connectivity index (χ1v) is 6.15. The lowest BCUT2D eigenvalue weighted by molar-refractivity contribution is 0.0733. The summed E-state index contributed by atoms with van der Waals surface area (Å²) in [5, 5.41) is 9.83. The molecule has 4 heteroatoms. The van der Waals surface area contributed by atoms with Crippen molar-refractivity contribution in [1.29, 1.82) is 0 Å². The number of nitrogens with zero attached hydrogens (tertiary/aromatic N) is 1. The Morgan fingerprint density at radius 1 is 1.50 bits per heavy atom. The van der Waals surface area contributed by atoms with Crippen molar-refractivity contribution < 1.29 is 14.6 Å². The summed E-state index contributed by atoms with van der Waals surface area (Å²) in [7, 11) is 3.28. The molecule has 0 aliphatic rings. The van der Waals surface area contributed by atoms with Crippen LogP contribution in [0.1, 0.15) is 37.0 Å². The molecule has 0 aliphatic carbocycles. The summed E-state index contributed by atoms with van der Waals surface area (Å²) in [5.74, 6) is 0.319. The van der Waals surface area contributed by atoms with Crippen molar-refractivity contribution in [2.45, 2.75) is 32.7 Å². The summed E-state index contributed by atoms with van der Waals surface area (Å²) >= 11 is 0. The third kappa shape index (κ3) is 3.15. The molecule has 0 spiro atoms. The van der Waals surface area contributed by atoms with Crippen molar-refractivity contribution in [2.24, 2.45) is 0 Å². The maximum Gasteiger partial charge on any atom is 0.257 e. The molecule has 0 aliphatic heterocycles. The molecule has 1 N–H and O–H groups in total. The molecule has 0 aromatic heterocycles. The molecular formula is C14H21NO3. The number of methoxy groups -OCH3 is 1. The average Bonchev–Trinajstić information content (AvgIpc) is 2.37. The van der Waals surface area contributed by atoms with Crippen LogP contribution in [0.25, 0.3) is 0 Å². The number of hydrogen-bond acceptors (Lipinski definition) is 3. The zero-order chi connectivity index (χ0) is 13.7. The van der Waals surface area contributed by atoms with Crippen LogP contribution in [0.4, 0.5) is 0 Å². The highest BCUT2D eigenvalue weighted by molar-refractivity contribution is 5.97. The minimum absolute atomic E-state index is 0.0464. The van der Waals surface area contributed by atoms with Crippen LogP contribution in [0.2, 0.25) is 0 Å². The van der Waals surface area contributed by atoms with Gasteiger partial charge >= 0.3 is 0 Å². The number of aromatic hydroxyl groups is 1. The largest absolute Gasteiger partial charge is 0.507 e. The molecule has 4 nitrogen and oxygen atoms in total. The van der Waals surface area contributed by atoms with Crippen LogP contribution in [0, 0.1) is 0 Å². The quantitative estimate of drug-likeness (QED) is 0.875. The van der Waals surface area contributed by atoms with Crippen LogP contribution >= 0.6 is 0 Å². The van der Waals surface area contributed by atoms with E-state index in [2.05, 4.69) is 6.92 Å². The first-order valence-electron chi connectivity index (χ1n) is 6.15. The summed E-state index contributed by atoms with van der Waals surface area (Å²) in [6.07, 6.45) is 1.96. The van der Waals surface area contributed by atoms with E-state index in [4.69, 9.17) is 4.74 Å². The molecule has 0 heterocycles. The Morgan fingerprint density at radius 3 is 2.67 bits per heavy atom. The lowest BCUT2D eigenvalue weighted by Crippen LogP contribution is -2.34. The topological polar surface area (TPSA) is 49.8 Å². The number of hydrogen-bond donors (Lipinski definition) is 1. The molecule has 1 aromatic rings. The third-order valence-electron chi connectivity index (χ3n) is 3.12. The van der Waals surface area contributed by atoms with Gasteiger partial charge < -0.3 is 14.7 Å². The van der Waals surface area contributed by atoms with E-state index in [9.17, 15) is 9.90 Å². The van der Waals surface area contributed by atoms with Gasteiger partial charge in [-0.25, -0.2) is 0 Å². The first-order chi connectivity index (χ1) is 8.51. The molecule has 1 aromatic carbocycles. The fraction of sp³-hybridized carbons (Fsp3) is 0.500. The van der Waals surface area contributed by atoms with Crippen LogP contribution in [0.5, 0.6) is 11.5 Å². The van der Waals surface area contributed by atoms with Gasteiger partial charge in [0, 0.05) is 19.2 Å². The summed E-state index contributed by atoms with van der Waals surface area (Å²) < 4.78 is 4.99. The predicted octanol–water partition coefficient (Wildman–Crippen LogP) is 2.66. The van der Waals surface area contributed by atoms with Gasteiger partial charge in [0.1, 0.15) is 11.5 Å². The SMILES string of the molecule is CCCC(C)N(C)C(=O)c1ccc(OC)cc1O. The maximum absolute atomic E-state index is 12.2. The molecular weight excluding hydrogens is 230 g/mol. The van der Waals surface area contributed by atoms with Gasteiger partial charge in [0.25, 0.3) is 5.91 Å². The van der Waals surface area contributed by atoms with E-state index in [0.29, 0.717) is 11.3 Å². The maximum atomic E-state index is 12.2. The highest BCUT2D eigenvalue weighted by Crippen LogP contribution is 2.25. The monoisotopic (exact) mass is 251 g/mol. The molecule has 1 unspecified atom stereocenters. The van der Waals surface area contributed by atoms with E-state index in [1.54, 1.807) is 24.1 Å². The second-order valence-electron chi connectivity index (χ2n) is 4.44. The highest BCUT2D eigenvalue weighted by Gasteiger charge is 2.19. The Hall–Kier alpha value is -1.71. The number of carbonyl (C=O) groups is 1. The van der Waals surface area contributed by atoms with Gasteiger partial charge in [-0.15, -0.1) is 0 Å².